The Hall–Kier alpha value is -2.01. The van der Waals surface area contributed by atoms with Crippen LogP contribution in [-0.4, -0.2) is 25.2 Å². The highest BCUT2D eigenvalue weighted by Gasteiger charge is 2.16. The molecule has 3 rings (SSSR count). The van der Waals surface area contributed by atoms with Crippen molar-refractivity contribution in [3.63, 3.8) is 0 Å². The second kappa shape index (κ2) is 6.18. The maximum absolute atomic E-state index is 12.3. The van der Waals surface area contributed by atoms with Crippen molar-refractivity contribution in [3.8, 4) is 11.5 Å². The van der Waals surface area contributed by atoms with E-state index in [1.807, 2.05) is 12.3 Å². The van der Waals surface area contributed by atoms with Gasteiger partial charge >= 0.3 is 0 Å². The Labute approximate surface area is 127 Å². The fourth-order valence-electron chi connectivity index (χ4n) is 2.31. The Kier molecular flexibility index (Phi) is 4.10. The summed E-state index contributed by atoms with van der Waals surface area (Å²) in [5.74, 6) is 1.25. The van der Waals surface area contributed by atoms with Crippen molar-refractivity contribution in [1.29, 1.82) is 0 Å². The van der Waals surface area contributed by atoms with Crippen LogP contribution in [0.3, 0.4) is 0 Å². The molecular weight excluding hydrogens is 286 g/mol. The van der Waals surface area contributed by atoms with E-state index in [0.29, 0.717) is 30.3 Å². The molecule has 1 aliphatic heterocycles. The van der Waals surface area contributed by atoms with Gasteiger partial charge < -0.3 is 14.8 Å². The summed E-state index contributed by atoms with van der Waals surface area (Å²) in [6.07, 6.45) is 0.833. The van der Waals surface area contributed by atoms with Gasteiger partial charge in [0.15, 0.2) is 11.5 Å². The molecule has 0 bridgehead atoms. The molecule has 1 aromatic heterocycles. The number of benzene rings is 1. The van der Waals surface area contributed by atoms with E-state index < -0.39 is 0 Å². The molecule has 1 N–H and O–H groups in total. The molecule has 5 heteroatoms. The highest BCUT2D eigenvalue weighted by molar-refractivity contribution is 7.07. The third-order valence-corrected chi connectivity index (χ3v) is 4.04. The summed E-state index contributed by atoms with van der Waals surface area (Å²) in [7, 11) is 0. The molecule has 0 radical (unpaired) electrons. The van der Waals surface area contributed by atoms with Crippen molar-refractivity contribution >= 4 is 17.2 Å². The summed E-state index contributed by atoms with van der Waals surface area (Å²) in [6, 6.07) is 7.45. The van der Waals surface area contributed by atoms with Crippen LogP contribution in [0, 0.1) is 0 Å². The monoisotopic (exact) mass is 303 g/mol. The number of hydrogen-bond acceptors (Lipinski definition) is 4. The van der Waals surface area contributed by atoms with E-state index in [-0.39, 0.29) is 11.9 Å². The largest absolute Gasteiger partial charge is 0.486 e. The first kappa shape index (κ1) is 13.9. The van der Waals surface area contributed by atoms with Crippen molar-refractivity contribution < 1.29 is 14.3 Å². The maximum Gasteiger partial charge on any atom is 0.251 e. The van der Waals surface area contributed by atoms with Crippen molar-refractivity contribution in [3.05, 3.63) is 46.2 Å². The van der Waals surface area contributed by atoms with Gasteiger partial charge in [-0.15, -0.1) is 0 Å². The molecule has 1 amide bonds. The molecule has 0 fully saturated rings. The summed E-state index contributed by atoms with van der Waals surface area (Å²) in [5.41, 5.74) is 1.84. The van der Waals surface area contributed by atoms with Gasteiger partial charge in [-0.3, -0.25) is 4.79 Å². The molecular formula is C16H17NO3S. The van der Waals surface area contributed by atoms with Crippen molar-refractivity contribution in [2.24, 2.45) is 0 Å². The Morgan fingerprint density at radius 3 is 2.86 bits per heavy atom. The number of fused-ring (bicyclic) bond motifs is 1. The summed E-state index contributed by atoms with van der Waals surface area (Å²) in [4.78, 5) is 12.3. The third kappa shape index (κ3) is 3.36. The van der Waals surface area contributed by atoms with Gasteiger partial charge in [0.25, 0.3) is 5.91 Å². The zero-order valence-corrected chi connectivity index (χ0v) is 12.6. The Bertz CT molecular complexity index is 624. The molecule has 0 aliphatic carbocycles. The first-order chi connectivity index (χ1) is 10.2. The predicted molar refractivity (Wildman–Crippen MR) is 82.4 cm³/mol. The van der Waals surface area contributed by atoms with Crippen LogP contribution in [0.4, 0.5) is 0 Å². The molecule has 2 heterocycles. The molecule has 110 valence electrons. The van der Waals surface area contributed by atoms with E-state index in [0.717, 1.165) is 6.42 Å². The van der Waals surface area contributed by atoms with Crippen LogP contribution >= 0.6 is 11.3 Å². The molecule has 4 nitrogen and oxygen atoms in total. The fraction of sp³-hybridized carbons (Fsp3) is 0.312. The van der Waals surface area contributed by atoms with Gasteiger partial charge in [0.05, 0.1) is 0 Å². The summed E-state index contributed by atoms with van der Waals surface area (Å²) in [5, 5.41) is 7.16. The number of rotatable bonds is 4. The number of hydrogen-bond donors (Lipinski definition) is 1. The number of nitrogens with one attached hydrogen (secondary N) is 1. The Morgan fingerprint density at radius 2 is 2.10 bits per heavy atom. The number of thiophene rings is 1. The second-order valence-corrected chi connectivity index (χ2v) is 5.85. The Morgan fingerprint density at radius 1 is 1.29 bits per heavy atom. The van der Waals surface area contributed by atoms with Crippen LogP contribution in [0.15, 0.2) is 35.0 Å². The van der Waals surface area contributed by atoms with Gasteiger partial charge in [-0.2, -0.15) is 11.3 Å². The lowest BCUT2D eigenvalue weighted by atomic mass is 10.1. The second-order valence-electron chi connectivity index (χ2n) is 5.07. The van der Waals surface area contributed by atoms with Crippen LogP contribution in [0.1, 0.15) is 22.8 Å². The van der Waals surface area contributed by atoms with Crippen LogP contribution in [0.25, 0.3) is 0 Å². The van der Waals surface area contributed by atoms with Gasteiger partial charge in [-0.25, -0.2) is 0 Å². The number of amides is 1. The zero-order valence-electron chi connectivity index (χ0n) is 11.8. The highest BCUT2D eigenvalue weighted by Crippen LogP contribution is 2.30. The third-order valence-electron chi connectivity index (χ3n) is 3.30. The van der Waals surface area contributed by atoms with Gasteiger partial charge in [-0.05, 0) is 53.9 Å². The molecule has 2 aromatic rings. The van der Waals surface area contributed by atoms with Crippen LogP contribution in [0.2, 0.25) is 0 Å². The minimum absolute atomic E-state index is 0.0836. The quantitative estimate of drug-likeness (QED) is 0.945. The Balaban J connectivity index is 1.64. The molecule has 0 saturated heterocycles. The normalized spacial score (nSPS) is 14.5. The predicted octanol–water partition coefficient (Wildman–Crippen LogP) is 2.88. The summed E-state index contributed by atoms with van der Waals surface area (Å²) < 4.78 is 11.0. The highest BCUT2D eigenvalue weighted by atomic mass is 32.1. The SMILES string of the molecule is C[C@H](Cc1ccsc1)NC(=O)c1ccc2c(c1)OCCO2. The molecule has 21 heavy (non-hydrogen) atoms. The van der Waals surface area contributed by atoms with Crippen LogP contribution in [-0.2, 0) is 6.42 Å². The summed E-state index contributed by atoms with van der Waals surface area (Å²) in [6.45, 7) is 3.08. The van der Waals surface area contributed by atoms with E-state index in [4.69, 9.17) is 9.47 Å². The molecule has 1 aromatic carbocycles. The van der Waals surface area contributed by atoms with Gasteiger partial charge in [0.2, 0.25) is 0 Å². The van der Waals surface area contributed by atoms with Gasteiger partial charge in [0, 0.05) is 11.6 Å². The van der Waals surface area contributed by atoms with E-state index in [9.17, 15) is 4.79 Å². The maximum atomic E-state index is 12.3. The van der Waals surface area contributed by atoms with Gasteiger partial charge in [0.1, 0.15) is 13.2 Å². The van der Waals surface area contributed by atoms with E-state index in [2.05, 4.69) is 16.8 Å². The van der Waals surface area contributed by atoms with Crippen LogP contribution < -0.4 is 14.8 Å². The van der Waals surface area contributed by atoms with E-state index >= 15 is 0 Å². The number of ether oxygens (including phenoxy) is 2. The topological polar surface area (TPSA) is 47.6 Å². The first-order valence-electron chi connectivity index (χ1n) is 6.94. The fourth-order valence-corrected chi connectivity index (χ4v) is 2.99. The van der Waals surface area contributed by atoms with Crippen molar-refractivity contribution in [2.75, 3.05) is 13.2 Å². The number of carbonyl (C=O) groups is 1. The first-order valence-corrected chi connectivity index (χ1v) is 7.88. The van der Waals surface area contributed by atoms with Crippen molar-refractivity contribution in [1.82, 2.24) is 5.32 Å². The minimum atomic E-state index is -0.0882. The molecule has 1 aliphatic rings. The van der Waals surface area contributed by atoms with Gasteiger partial charge in [-0.1, -0.05) is 0 Å². The lowest BCUT2D eigenvalue weighted by molar-refractivity contribution is 0.0939. The molecule has 0 spiro atoms. The van der Waals surface area contributed by atoms with Crippen molar-refractivity contribution in [2.45, 2.75) is 19.4 Å². The lowest BCUT2D eigenvalue weighted by Crippen LogP contribution is -2.34. The standard InChI is InChI=1S/C16H17NO3S/c1-11(8-12-4-7-21-10-12)17-16(18)13-2-3-14-15(9-13)20-6-5-19-14/h2-4,7,9-11H,5-6,8H2,1H3,(H,17,18)/t11-/m1/s1. The lowest BCUT2D eigenvalue weighted by Gasteiger charge is -2.19. The molecule has 0 unspecified atom stereocenters. The average Bonchev–Trinajstić information content (AvgIpc) is 2.99. The average molecular weight is 303 g/mol. The zero-order chi connectivity index (χ0) is 14.7. The smallest absolute Gasteiger partial charge is 0.251 e. The molecule has 0 saturated carbocycles. The number of carbonyl (C=O) groups excluding carboxylic acids is 1. The minimum Gasteiger partial charge on any atom is -0.486 e. The van der Waals surface area contributed by atoms with Crippen LogP contribution in [0.5, 0.6) is 11.5 Å². The van der Waals surface area contributed by atoms with E-state index in [1.54, 1.807) is 29.5 Å². The summed E-state index contributed by atoms with van der Waals surface area (Å²) >= 11 is 1.67. The van der Waals surface area contributed by atoms with E-state index in [1.165, 1.54) is 5.56 Å². The molecule has 1 atom stereocenters.